The fourth-order valence-electron chi connectivity index (χ4n) is 2.22. The first-order chi connectivity index (χ1) is 12.5. The minimum Gasteiger partial charge on any atom is -0.465 e. The van der Waals surface area contributed by atoms with Crippen LogP contribution in [0.15, 0.2) is 47.6 Å². The Hall–Kier alpha value is -3.15. The zero-order chi connectivity index (χ0) is 18.9. The molecule has 136 valence electrons. The Kier molecular flexibility index (Phi) is 6.91. The molecule has 2 rings (SSSR count). The molecule has 0 saturated carbocycles. The van der Waals surface area contributed by atoms with Crippen LogP contribution in [0.2, 0.25) is 0 Å². The van der Waals surface area contributed by atoms with Gasteiger partial charge in [-0.15, -0.1) is 0 Å². The molecule has 26 heavy (non-hydrogen) atoms. The number of amides is 1. The Labute approximate surface area is 152 Å². The maximum atomic E-state index is 12.0. The highest BCUT2D eigenvalue weighted by Crippen LogP contribution is 2.17. The number of hydrogen-bond acceptors (Lipinski definition) is 5. The number of carbonyl (C=O) groups excluding carboxylic acids is 2. The summed E-state index contributed by atoms with van der Waals surface area (Å²) in [6.07, 6.45) is 2.53. The summed E-state index contributed by atoms with van der Waals surface area (Å²) < 4.78 is 4.68. The van der Waals surface area contributed by atoms with E-state index in [9.17, 15) is 9.59 Å². The number of nitrogens with one attached hydrogen (secondary N) is 1. The second kappa shape index (κ2) is 9.36. The first kappa shape index (κ1) is 19.2. The number of methoxy groups -OCH3 is 1. The molecule has 1 N–H and O–H groups in total. The second-order valence-corrected chi connectivity index (χ2v) is 5.67. The Balaban J connectivity index is 1.88. The lowest BCUT2D eigenvalue weighted by molar-refractivity contribution is -0.120. The van der Waals surface area contributed by atoms with E-state index >= 15 is 0 Å². The summed E-state index contributed by atoms with van der Waals surface area (Å²) >= 11 is 0. The Morgan fingerprint density at radius 1 is 1.15 bits per heavy atom. The number of aryl methyl sites for hydroxylation is 2. The van der Waals surface area contributed by atoms with Crippen LogP contribution in [0.25, 0.3) is 0 Å². The van der Waals surface area contributed by atoms with E-state index in [1.165, 1.54) is 12.7 Å². The molecule has 0 saturated heterocycles. The fraction of sp³-hybridized carbons (Fsp3) is 0.250. The van der Waals surface area contributed by atoms with Crippen LogP contribution in [0.4, 0.5) is 5.69 Å². The Morgan fingerprint density at radius 2 is 1.88 bits per heavy atom. The molecule has 0 bridgehead atoms. The highest BCUT2D eigenvalue weighted by Gasteiger charge is 2.10. The van der Waals surface area contributed by atoms with Crippen molar-refractivity contribution in [3.8, 4) is 0 Å². The van der Waals surface area contributed by atoms with Gasteiger partial charge in [-0.2, -0.15) is 0 Å². The normalized spacial score (nSPS) is 10.6. The zero-order valence-corrected chi connectivity index (χ0v) is 15.1. The summed E-state index contributed by atoms with van der Waals surface area (Å²) in [5.41, 5.74) is 3.85. The zero-order valence-electron chi connectivity index (χ0n) is 15.1. The van der Waals surface area contributed by atoms with Crippen molar-refractivity contribution in [1.29, 1.82) is 0 Å². The van der Waals surface area contributed by atoms with Crippen LogP contribution in [0.5, 0.6) is 0 Å². The summed E-state index contributed by atoms with van der Waals surface area (Å²) in [6.45, 7) is 3.69. The molecule has 0 aliphatic carbocycles. The average molecular weight is 354 g/mol. The minimum atomic E-state index is -0.463. The van der Waals surface area contributed by atoms with Gasteiger partial charge in [0.2, 0.25) is 0 Å². The van der Waals surface area contributed by atoms with E-state index < -0.39 is 5.97 Å². The topological polar surface area (TPSA) is 77.0 Å². The second-order valence-electron chi connectivity index (χ2n) is 5.67. The van der Waals surface area contributed by atoms with Crippen molar-refractivity contribution in [2.24, 2.45) is 5.16 Å². The molecule has 0 aliphatic heterocycles. The van der Waals surface area contributed by atoms with Crippen LogP contribution in [0.3, 0.4) is 0 Å². The van der Waals surface area contributed by atoms with Gasteiger partial charge in [-0.05, 0) is 42.2 Å². The van der Waals surface area contributed by atoms with Crippen LogP contribution < -0.4 is 5.32 Å². The molecule has 2 aromatic carbocycles. The highest BCUT2D eigenvalue weighted by molar-refractivity contribution is 5.95. The molecule has 2 aromatic rings. The first-order valence-corrected chi connectivity index (χ1v) is 8.26. The van der Waals surface area contributed by atoms with E-state index in [1.54, 1.807) is 24.4 Å². The van der Waals surface area contributed by atoms with Crippen LogP contribution in [-0.2, 0) is 20.8 Å². The van der Waals surface area contributed by atoms with Crippen molar-refractivity contribution in [2.45, 2.75) is 20.3 Å². The molecule has 6 nitrogen and oxygen atoms in total. The lowest BCUT2D eigenvalue weighted by atomic mass is 10.1. The predicted octanol–water partition coefficient (Wildman–Crippen LogP) is 3.33. The van der Waals surface area contributed by atoms with Gasteiger partial charge in [0, 0.05) is 5.69 Å². The number of ether oxygens (including phenoxy) is 1. The van der Waals surface area contributed by atoms with Gasteiger partial charge in [-0.25, -0.2) is 4.79 Å². The lowest BCUT2D eigenvalue weighted by Gasteiger charge is -2.09. The number of benzene rings is 2. The van der Waals surface area contributed by atoms with Crippen molar-refractivity contribution in [2.75, 3.05) is 19.0 Å². The molecule has 0 atom stereocenters. The molecule has 0 spiro atoms. The van der Waals surface area contributed by atoms with Gasteiger partial charge in [0.05, 0.1) is 18.9 Å². The number of carbonyl (C=O) groups is 2. The molecule has 0 unspecified atom stereocenters. The van der Waals surface area contributed by atoms with Gasteiger partial charge in [0.1, 0.15) is 0 Å². The average Bonchev–Trinajstić information content (AvgIpc) is 2.66. The maximum absolute atomic E-state index is 12.0. The number of esters is 1. The number of rotatable bonds is 7. The maximum Gasteiger partial charge on any atom is 0.337 e. The van der Waals surface area contributed by atoms with E-state index in [4.69, 9.17) is 4.84 Å². The van der Waals surface area contributed by atoms with E-state index in [0.29, 0.717) is 11.3 Å². The SMILES string of the molecule is CCc1ccc(/C=N\OCC(=O)Nc2cc(C(=O)OC)ccc2C)cc1. The third kappa shape index (κ3) is 5.44. The van der Waals surface area contributed by atoms with Gasteiger partial charge in [0.25, 0.3) is 5.91 Å². The van der Waals surface area contributed by atoms with Gasteiger partial charge < -0.3 is 14.9 Å². The third-order valence-corrected chi connectivity index (χ3v) is 3.79. The molecule has 0 aromatic heterocycles. The third-order valence-electron chi connectivity index (χ3n) is 3.79. The van der Waals surface area contributed by atoms with Crippen molar-refractivity contribution in [1.82, 2.24) is 0 Å². The van der Waals surface area contributed by atoms with Crippen molar-refractivity contribution < 1.29 is 19.2 Å². The van der Waals surface area contributed by atoms with Crippen LogP contribution in [0, 0.1) is 6.92 Å². The van der Waals surface area contributed by atoms with Gasteiger partial charge in [-0.3, -0.25) is 4.79 Å². The summed E-state index contributed by atoms with van der Waals surface area (Å²) in [7, 11) is 1.31. The van der Waals surface area contributed by atoms with Gasteiger partial charge >= 0.3 is 5.97 Å². The quantitative estimate of drug-likeness (QED) is 0.470. The van der Waals surface area contributed by atoms with Crippen LogP contribution >= 0.6 is 0 Å². The standard InChI is InChI=1S/C20H22N2O4/c1-4-15-6-8-16(9-7-15)12-21-26-13-19(23)22-18-11-17(20(24)25-3)10-5-14(18)2/h5-12H,4,13H2,1-3H3,(H,22,23)/b21-12-. The summed E-state index contributed by atoms with van der Waals surface area (Å²) in [5, 5.41) is 6.50. The largest absolute Gasteiger partial charge is 0.465 e. The smallest absolute Gasteiger partial charge is 0.337 e. The number of nitrogens with zero attached hydrogens (tertiary/aromatic N) is 1. The van der Waals surface area contributed by atoms with Crippen molar-refractivity contribution in [3.63, 3.8) is 0 Å². The van der Waals surface area contributed by atoms with Gasteiger partial charge in [-0.1, -0.05) is 42.4 Å². The molecular weight excluding hydrogens is 332 g/mol. The number of anilines is 1. The lowest BCUT2D eigenvalue weighted by Crippen LogP contribution is -2.18. The fourth-order valence-corrected chi connectivity index (χ4v) is 2.22. The number of hydrogen-bond donors (Lipinski definition) is 1. The van der Waals surface area contributed by atoms with Crippen molar-refractivity contribution >= 4 is 23.8 Å². The number of oxime groups is 1. The minimum absolute atomic E-state index is 0.231. The molecule has 0 aliphatic rings. The molecule has 1 amide bonds. The van der Waals surface area contributed by atoms with E-state index in [0.717, 1.165) is 17.5 Å². The Morgan fingerprint density at radius 3 is 2.54 bits per heavy atom. The summed E-state index contributed by atoms with van der Waals surface area (Å²) in [5.74, 6) is -0.830. The van der Waals surface area contributed by atoms with Gasteiger partial charge in [0.15, 0.2) is 6.61 Å². The molecule has 0 fully saturated rings. The molecule has 6 heteroatoms. The van der Waals surface area contributed by atoms with Crippen LogP contribution in [0.1, 0.15) is 34.0 Å². The monoisotopic (exact) mass is 354 g/mol. The highest BCUT2D eigenvalue weighted by atomic mass is 16.6. The first-order valence-electron chi connectivity index (χ1n) is 8.26. The van der Waals surface area contributed by atoms with Crippen LogP contribution in [-0.4, -0.2) is 31.8 Å². The molecule has 0 radical (unpaired) electrons. The predicted molar refractivity (Wildman–Crippen MR) is 101 cm³/mol. The molecule has 0 heterocycles. The molecular formula is C20H22N2O4. The van der Waals surface area contributed by atoms with E-state index in [-0.39, 0.29) is 12.5 Å². The summed E-state index contributed by atoms with van der Waals surface area (Å²) in [4.78, 5) is 28.6. The van der Waals surface area contributed by atoms with E-state index in [2.05, 4.69) is 22.1 Å². The van der Waals surface area contributed by atoms with E-state index in [1.807, 2.05) is 31.2 Å². The summed E-state index contributed by atoms with van der Waals surface area (Å²) in [6, 6.07) is 12.9. The van der Waals surface area contributed by atoms with Crippen molar-refractivity contribution in [3.05, 3.63) is 64.7 Å². The Bertz CT molecular complexity index is 798.